The van der Waals surface area contributed by atoms with E-state index in [9.17, 15) is 14.4 Å². The number of carbonyl (C=O) groups excluding carboxylic acids is 1. The van der Waals surface area contributed by atoms with Crippen molar-refractivity contribution in [2.24, 2.45) is 5.92 Å². The maximum absolute atomic E-state index is 13.4. The Hall–Kier alpha value is -3.94. The molecule has 0 radical (unpaired) electrons. The number of benzene rings is 2. The summed E-state index contributed by atoms with van der Waals surface area (Å²) in [5.41, 5.74) is 2.04. The summed E-state index contributed by atoms with van der Waals surface area (Å²) in [6.07, 6.45) is 3.64. The van der Waals surface area contributed by atoms with Crippen LogP contribution in [0.1, 0.15) is 28.8 Å². The first-order valence-corrected chi connectivity index (χ1v) is 10.5. The second-order valence-corrected chi connectivity index (χ2v) is 8.05. The van der Waals surface area contributed by atoms with Crippen molar-refractivity contribution in [3.05, 3.63) is 92.9 Å². The normalized spacial score (nSPS) is 13.4. The Morgan fingerprint density at radius 3 is 2.44 bits per heavy atom. The largest absolute Gasteiger partial charge is 0.465 e. The van der Waals surface area contributed by atoms with Gasteiger partial charge in [0, 0.05) is 13.1 Å². The van der Waals surface area contributed by atoms with Crippen LogP contribution in [0.25, 0.3) is 16.9 Å². The van der Waals surface area contributed by atoms with E-state index >= 15 is 0 Å². The molecule has 2 aromatic heterocycles. The lowest BCUT2D eigenvalue weighted by Gasteiger charge is -2.12. The summed E-state index contributed by atoms with van der Waals surface area (Å²) in [5, 5.41) is 0. The van der Waals surface area contributed by atoms with Gasteiger partial charge in [-0.2, -0.15) is 0 Å². The minimum Gasteiger partial charge on any atom is -0.465 e. The average Bonchev–Trinajstić information content (AvgIpc) is 3.56. The van der Waals surface area contributed by atoms with E-state index in [1.807, 2.05) is 42.5 Å². The van der Waals surface area contributed by atoms with Crippen molar-refractivity contribution in [1.82, 2.24) is 18.7 Å². The van der Waals surface area contributed by atoms with Gasteiger partial charge in [0.15, 0.2) is 11.2 Å². The van der Waals surface area contributed by atoms with Gasteiger partial charge in [0.25, 0.3) is 5.56 Å². The average molecular weight is 430 g/mol. The van der Waals surface area contributed by atoms with Gasteiger partial charge in [0.2, 0.25) is 0 Å². The molecule has 1 fully saturated rings. The molecule has 1 aliphatic carbocycles. The summed E-state index contributed by atoms with van der Waals surface area (Å²) < 4.78 is 9.35. The van der Waals surface area contributed by atoms with Gasteiger partial charge >= 0.3 is 11.7 Å². The molecular formula is C24H22N4O4. The fraction of sp³-hybridized carbons (Fsp3) is 0.250. The molecule has 0 spiro atoms. The highest BCUT2D eigenvalue weighted by atomic mass is 16.5. The summed E-state index contributed by atoms with van der Waals surface area (Å²) in [5.74, 6) is -0.0382. The predicted octanol–water partition coefficient (Wildman–Crippen LogP) is 2.59. The first-order chi connectivity index (χ1) is 15.6. The third kappa shape index (κ3) is 3.53. The van der Waals surface area contributed by atoms with Crippen LogP contribution in [-0.4, -0.2) is 31.8 Å². The second-order valence-electron chi connectivity index (χ2n) is 8.05. The molecular weight excluding hydrogens is 408 g/mol. The van der Waals surface area contributed by atoms with E-state index in [0.29, 0.717) is 41.4 Å². The van der Waals surface area contributed by atoms with Gasteiger partial charge in [0.1, 0.15) is 0 Å². The Bertz CT molecular complexity index is 1410. The quantitative estimate of drug-likeness (QED) is 0.439. The fourth-order valence-electron chi connectivity index (χ4n) is 3.89. The SMILES string of the molecule is COC(=O)c1ccc(Cn2cnc3c2c(=O)n(CC2CC2)c(=O)n3-c2ccccc2)cc1. The van der Waals surface area contributed by atoms with Crippen LogP contribution in [0.5, 0.6) is 0 Å². The Labute approximate surface area is 183 Å². The minimum absolute atomic E-state index is 0.326. The van der Waals surface area contributed by atoms with E-state index in [1.54, 1.807) is 23.0 Å². The van der Waals surface area contributed by atoms with Crippen molar-refractivity contribution in [3.63, 3.8) is 0 Å². The zero-order valence-corrected chi connectivity index (χ0v) is 17.6. The molecule has 32 heavy (non-hydrogen) atoms. The smallest absolute Gasteiger partial charge is 0.337 e. The van der Waals surface area contributed by atoms with Crippen LogP contribution in [0.2, 0.25) is 0 Å². The van der Waals surface area contributed by atoms with E-state index in [1.165, 1.54) is 16.2 Å². The standard InChI is InChI=1S/C24H22N4O4/c1-32-23(30)18-11-9-16(10-12-18)13-26-15-25-21-20(26)22(29)27(14-17-7-8-17)24(31)28(21)19-5-3-2-4-6-19/h2-6,9-12,15,17H,7-8,13-14H2,1H3. The zero-order chi connectivity index (χ0) is 22.2. The number of esters is 1. The first-order valence-electron chi connectivity index (χ1n) is 10.5. The van der Waals surface area contributed by atoms with Crippen LogP contribution in [0.15, 0.2) is 70.5 Å². The van der Waals surface area contributed by atoms with Gasteiger partial charge in [-0.3, -0.25) is 9.36 Å². The van der Waals surface area contributed by atoms with Crippen LogP contribution in [-0.2, 0) is 17.8 Å². The van der Waals surface area contributed by atoms with Crippen LogP contribution in [0.3, 0.4) is 0 Å². The minimum atomic E-state index is -0.403. The molecule has 162 valence electrons. The highest BCUT2D eigenvalue weighted by Crippen LogP contribution is 2.30. The maximum atomic E-state index is 13.4. The number of nitrogens with zero attached hydrogens (tertiary/aromatic N) is 4. The van der Waals surface area contributed by atoms with Gasteiger partial charge in [0.05, 0.1) is 24.7 Å². The Morgan fingerprint density at radius 2 is 1.78 bits per heavy atom. The zero-order valence-electron chi connectivity index (χ0n) is 17.6. The highest BCUT2D eigenvalue weighted by molar-refractivity contribution is 5.89. The van der Waals surface area contributed by atoms with Crippen molar-refractivity contribution in [1.29, 1.82) is 0 Å². The van der Waals surface area contributed by atoms with Crippen molar-refractivity contribution in [3.8, 4) is 5.69 Å². The Morgan fingerprint density at radius 1 is 1.06 bits per heavy atom. The lowest BCUT2D eigenvalue weighted by atomic mass is 10.1. The summed E-state index contributed by atoms with van der Waals surface area (Å²) in [6.45, 7) is 0.795. The molecule has 0 bridgehead atoms. The van der Waals surface area contributed by atoms with Crippen molar-refractivity contribution in [2.75, 3.05) is 7.11 Å². The molecule has 8 nitrogen and oxygen atoms in total. The molecule has 0 unspecified atom stereocenters. The van der Waals surface area contributed by atoms with Gasteiger partial charge in [-0.25, -0.2) is 19.1 Å². The van der Waals surface area contributed by atoms with Crippen LogP contribution < -0.4 is 11.2 Å². The number of imidazole rings is 1. The van der Waals surface area contributed by atoms with E-state index in [-0.39, 0.29) is 11.2 Å². The number of carbonyl (C=O) groups is 1. The van der Waals surface area contributed by atoms with E-state index in [0.717, 1.165) is 18.4 Å². The molecule has 1 saturated carbocycles. The van der Waals surface area contributed by atoms with Gasteiger partial charge < -0.3 is 9.30 Å². The molecule has 4 aromatic rings. The molecule has 2 aromatic carbocycles. The van der Waals surface area contributed by atoms with Crippen LogP contribution in [0.4, 0.5) is 0 Å². The molecule has 0 atom stereocenters. The maximum Gasteiger partial charge on any atom is 0.337 e. The number of hydrogen-bond donors (Lipinski definition) is 0. The summed E-state index contributed by atoms with van der Waals surface area (Å²) in [6, 6.07) is 16.2. The van der Waals surface area contributed by atoms with Crippen LogP contribution in [0, 0.1) is 5.92 Å². The highest BCUT2D eigenvalue weighted by Gasteiger charge is 2.26. The van der Waals surface area contributed by atoms with Gasteiger partial charge in [-0.05, 0) is 48.6 Å². The summed E-state index contributed by atoms with van der Waals surface area (Å²) in [7, 11) is 1.34. The van der Waals surface area contributed by atoms with Gasteiger partial charge in [-0.1, -0.05) is 30.3 Å². The van der Waals surface area contributed by atoms with Gasteiger partial charge in [-0.15, -0.1) is 0 Å². The topological polar surface area (TPSA) is 88.1 Å². The van der Waals surface area contributed by atoms with Crippen molar-refractivity contribution >= 4 is 17.1 Å². The van der Waals surface area contributed by atoms with Crippen molar-refractivity contribution < 1.29 is 9.53 Å². The van der Waals surface area contributed by atoms with Crippen molar-refractivity contribution in [2.45, 2.75) is 25.9 Å². The number of rotatable bonds is 6. The molecule has 2 heterocycles. The number of ether oxygens (including phenoxy) is 1. The second kappa shape index (κ2) is 7.96. The third-order valence-electron chi connectivity index (χ3n) is 5.78. The molecule has 5 rings (SSSR count). The molecule has 8 heteroatoms. The van der Waals surface area contributed by atoms with Crippen LogP contribution >= 0.6 is 0 Å². The van der Waals surface area contributed by atoms with E-state index in [2.05, 4.69) is 4.98 Å². The summed E-state index contributed by atoms with van der Waals surface area (Å²) >= 11 is 0. The lowest BCUT2D eigenvalue weighted by molar-refractivity contribution is 0.0600. The monoisotopic (exact) mass is 430 g/mol. The Balaban J connectivity index is 1.64. The number of hydrogen-bond acceptors (Lipinski definition) is 5. The number of fused-ring (bicyclic) bond motifs is 1. The molecule has 0 aliphatic heterocycles. The number of methoxy groups -OCH3 is 1. The number of aromatic nitrogens is 4. The predicted molar refractivity (Wildman–Crippen MR) is 119 cm³/mol. The summed E-state index contributed by atoms with van der Waals surface area (Å²) in [4.78, 5) is 42.8. The molecule has 1 aliphatic rings. The fourth-order valence-corrected chi connectivity index (χ4v) is 3.89. The van der Waals surface area contributed by atoms with E-state index in [4.69, 9.17) is 4.74 Å². The molecule has 0 amide bonds. The number of para-hydroxylation sites is 1. The lowest BCUT2D eigenvalue weighted by Crippen LogP contribution is -2.40. The first kappa shape index (κ1) is 20.0. The Kier molecular flexibility index (Phi) is 4.97. The van der Waals surface area contributed by atoms with E-state index < -0.39 is 5.97 Å². The molecule has 0 N–H and O–H groups in total. The molecule has 0 saturated heterocycles. The third-order valence-corrected chi connectivity index (χ3v) is 5.78.